The zero-order valence-electron chi connectivity index (χ0n) is 12.3. The molecule has 22 heavy (non-hydrogen) atoms. The van der Waals surface area contributed by atoms with Gasteiger partial charge in [0, 0.05) is 5.69 Å². The van der Waals surface area contributed by atoms with Crippen molar-refractivity contribution in [2.75, 3.05) is 6.61 Å². The van der Waals surface area contributed by atoms with Crippen molar-refractivity contribution in [3.63, 3.8) is 0 Å². The zero-order valence-corrected chi connectivity index (χ0v) is 12.3. The third-order valence-electron chi connectivity index (χ3n) is 3.11. The molecule has 1 atom stereocenters. The van der Waals surface area contributed by atoms with Crippen LogP contribution in [0.15, 0.2) is 30.3 Å². The molecule has 0 unspecified atom stereocenters. The maximum Gasteiger partial charge on any atom is 0.419 e. The summed E-state index contributed by atoms with van der Waals surface area (Å²) in [7, 11) is 0. The van der Waals surface area contributed by atoms with Crippen molar-refractivity contribution in [3.05, 3.63) is 47.3 Å². The SMILES string of the molecule is Cc1cc(C)n(C[C@H](O)COc2ccccc2C(F)(F)F)n1. The Labute approximate surface area is 126 Å². The van der Waals surface area contributed by atoms with Gasteiger partial charge in [-0.3, -0.25) is 4.68 Å². The number of benzene rings is 1. The van der Waals surface area contributed by atoms with Gasteiger partial charge in [-0.1, -0.05) is 12.1 Å². The van der Waals surface area contributed by atoms with Crippen LogP contribution in [0.4, 0.5) is 13.2 Å². The number of aliphatic hydroxyl groups excluding tert-OH is 1. The van der Waals surface area contributed by atoms with Crippen molar-refractivity contribution in [2.45, 2.75) is 32.7 Å². The molecule has 0 aliphatic rings. The largest absolute Gasteiger partial charge is 0.490 e. The van der Waals surface area contributed by atoms with E-state index in [1.165, 1.54) is 18.2 Å². The van der Waals surface area contributed by atoms with Crippen LogP contribution in [0.5, 0.6) is 5.75 Å². The molecule has 0 saturated heterocycles. The van der Waals surface area contributed by atoms with E-state index in [2.05, 4.69) is 5.10 Å². The quantitative estimate of drug-likeness (QED) is 0.923. The summed E-state index contributed by atoms with van der Waals surface area (Å²) in [6.07, 6.45) is -5.45. The smallest absolute Gasteiger partial charge is 0.419 e. The predicted molar refractivity (Wildman–Crippen MR) is 74.6 cm³/mol. The standard InChI is InChI=1S/C15H17F3N2O2/c1-10-7-11(2)20(19-10)8-12(21)9-22-14-6-4-3-5-13(14)15(16,17)18/h3-7,12,21H,8-9H2,1-2H3/t12-/m0/s1. The molecule has 2 rings (SSSR count). The van der Waals surface area contributed by atoms with Crippen LogP contribution in [-0.2, 0) is 12.7 Å². The highest BCUT2D eigenvalue weighted by atomic mass is 19.4. The maximum absolute atomic E-state index is 12.8. The number of rotatable bonds is 5. The highest BCUT2D eigenvalue weighted by Crippen LogP contribution is 2.35. The number of ether oxygens (including phenoxy) is 1. The molecule has 0 bridgehead atoms. The molecule has 1 aromatic carbocycles. The third-order valence-corrected chi connectivity index (χ3v) is 3.11. The number of hydrogen-bond acceptors (Lipinski definition) is 3. The fraction of sp³-hybridized carbons (Fsp3) is 0.400. The second-order valence-corrected chi connectivity index (χ2v) is 5.07. The number of hydrogen-bond donors (Lipinski definition) is 1. The molecule has 120 valence electrons. The Balaban J connectivity index is 2.00. The molecule has 0 radical (unpaired) electrons. The number of alkyl halides is 3. The molecule has 7 heteroatoms. The van der Waals surface area contributed by atoms with Crippen LogP contribution in [0.1, 0.15) is 17.0 Å². The first-order valence-electron chi connectivity index (χ1n) is 6.75. The molecular weight excluding hydrogens is 297 g/mol. The van der Waals surface area contributed by atoms with Gasteiger partial charge in [0.1, 0.15) is 18.5 Å². The summed E-state index contributed by atoms with van der Waals surface area (Å²) in [5.41, 5.74) is 0.827. The lowest BCUT2D eigenvalue weighted by molar-refractivity contribution is -0.139. The number of aryl methyl sites for hydroxylation is 2. The number of nitrogens with zero attached hydrogens (tertiary/aromatic N) is 2. The topological polar surface area (TPSA) is 47.3 Å². The minimum atomic E-state index is -4.49. The van der Waals surface area contributed by atoms with Crippen LogP contribution >= 0.6 is 0 Å². The van der Waals surface area contributed by atoms with Gasteiger partial charge in [0.25, 0.3) is 0 Å². The Kier molecular flexibility index (Phi) is 4.75. The molecule has 1 heterocycles. The van der Waals surface area contributed by atoms with E-state index in [9.17, 15) is 18.3 Å². The van der Waals surface area contributed by atoms with Gasteiger partial charge in [-0.2, -0.15) is 18.3 Å². The summed E-state index contributed by atoms with van der Waals surface area (Å²) in [4.78, 5) is 0. The summed E-state index contributed by atoms with van der Waals surface area (Å²) >= 11 is 0. The lowest BCUT2D eigenvalue weighted by atomic mass is 10.2. The molecule has 2 aromatic rings. The van der Waals surface area contributed by atoms with E-state index in [0.717, 1.165) is 17.5 Å². The van der Waals surface area contributed by atoms with Crippen molar-refractivity contribution in [1.29, 1.82) is 0 Å². The summed E-state index contributed by atoms with van der Waals surface area (Å²) in [6, 6.07) is 6.79. The van der Waals surface area contributed by atoms with E-state index in [-0.39, 0.29) is 18.9 Å². The minimum absolute atomic E-state index is 0.161. The van der Waals surface area contributed by atoms with E-state index in [1.807, 2.05) is 19.9 Å². The Morgan fingerprint density at radius 2 is 1.95 bits per heavy atom. The second-order valence-electron chi connectivity index (χ2n) is 5.07. The van der Waals surface area contributed by atoms with E-state index in [0.29, 0.717) is 0 Å². The van der Waals surface area contributed by atoms with Gasteiger partial charge in [-0.25, -0.2) is 0 Å². The highest BCUT2D eigenvalue weighted by Gasteiger charge is 2.34. The molecule has 0 saturated carbocycles. The monoisotopic (exact) mass is 314 g/mol. The summed E-state index contributed by atoms with van der Waals surface area (Å²) in [5.74, 6) is -0.289. The molecule has 0 spiro atoms. The number of halogens is 3. The fourth-order valence-corrected chi connectivity index (χ4v) is 2.12. The van der Waals surface area contributed by atoms with Crippen molar-refractivity contribution >= 4 is 0 Å². The number of aromatic nitrogens is 2. The van der Waals surface area contributed by atoms with E-state index < -0.39 is 17.8 Å². The lowest BCUT2D eigenvalue weighted by Crippen LogP contribution is -2.25. The van der Waals surface area contributed by atoms with Crippen molar-refractivity contribution in [1.82, 2.24) is 9.78 Å². The molecule has 0 amide bonds. The Bertz CT molecular complexity index is 638. The average Bonchev–Trinajstić information content (AvgIpc) is 2.74. The zero-order chi connectivity index (χ0) is 16.3. The molecule has 1 aromatic heterocycles. The van der Waals surface area contributed by atoms with Crippen molar-refractivity contribution < 1.29 is 23.0 Å². The van der Waals surface area contributed by atoms with Crippen LogP contribution < -0.4 is 4.74 Å². The van der Waals surface area contributed by atoms with Crippen molar-refractivity contribution in [2.24, 2.45) is 0 Å². The molecule has 0 aliphatic heterocycles. The first kappa shape index (κ1) is 16.4. The van der Waals surface area contributed by atoms with Crippen LogP contribution in [0, 0.1) is 13.8 Å². The number of aliphatic hydroxyl groups is 1. The van der Waals surface area contributed by atoms with Gasteiger partial charge in [0.2, 0.25) is 0 Å². The highest BCUT2D eigenvalue weighted by molar-refractivity contribution is 5.35. The molecule has 4 nitrogen and oxygen atoms in total. The predicted octanol–water partition coefficient (Wildman–Crippen LogP) is 2.96. The Morgan fingerprint density at radius 3 is 2.55 bits per heavy atom. The second kappa shape index (κ2) is 6.39. The van der Waals surface area contributed by atoms with Crippen LogP contribution in [0.3, 0.4) is 0 Å². The first-order valence-corrected chi connectivity index (χ1v) is 6.75. The van der Waals surface area contributed by atoms with Crippen LogP contribution in [-0.4, -0.2) is 27.6 Å². The summed E-state index contributed by atoms with van der Waals surface area (Å²) in [6.45, 7) is 3.58. The average molecular weight is 314 g/mol. The van der Waals surface area contributed by atoms with E-state index in [1.54, 1.807) is 4.68 Å². The Hall–Kier alpha value is -2.02. The van der Waals surface area contributed by atoms with Crippen LogP contribution in [0.2, 0.25) is 0 Å². The minimum Gasteiger partial charge on any atom is -0.490 e. The summed E-state index contributed by atoms with van der Waals surface area (Å²) < 4.78 is 45.2. The number of para-hydroxylation sites is 1. The van der Waals surface area contributed by atoms with Gasteiger partial charge >= 0.3 is 6.18 Å². The normalized spacial score (nSPS) is 13.2. The van der Waals surface area contributed by atoms with Gasteiger partial charge in [-0.05, 0) is 32.0 Å². The van der Waals surface area contributed by atoms with Gasteiger partial charge in [0.15, 0.2) is 0 Å². The maximum atomic E-state index is 12.8. The molecular formula is C15H17F3N2O2. The molecule has 0 fully saturated rings. The third kappa shape index (κ3) is 4.00. The van der Waals surface area contributed by atoms with E-state index >= 15 is 0 Å². The molecule has 0 aliphatic carbocycles. The molecule has 1 N–H and O–H groups in total. The van der Waals surface area contributed by atoms with Crippen molar-refractivity contribution in [3.8, 4) is 5.75 Å². The van der Waals surface area contributed by atoms with Gasteiger partial charge < -0.3 is 9.84 Å². The summed E-state index contributed by atoms with van der Waals surface area (Å²) in [5, 5.41) is 14.1. The Morgan fingerprint density at radius 1 is 1.27 bits per heavy atom. The van der Waals surface area contributed by atoms with E-state index in [4.69, 9.17) is 4.74 Å². The lowest BCUT2D eigenvalue weighted by Gasteiger charge is -2.16. The fourth-order valence-electron chi connectivity index (χ4n) is 2.12. The first-order chi connectivity index (χ1) is 10.3. The van der Waals surface area contributed by atoms with Crippen LogP contribution in [0.25, 0.3) is 0 Å². The van der Waals surface area contributed by atoms with Gasteiger partial charge in [0.05, 0.1) is 17.8 Å². The van der Waals surface area contributed by atoms with Gasteiger partial charge in [-0.15, -0.1) is 0 Å².